The Morgan fingerprint density at radius 1 is 0.923 bits per heavy atom. The van der Waals surface area contributed by atoms with E-state index in [1.807, 2.05) is 24.3 Å². The number of rotatable bonds is 5. The van der Waals surface area contributed by atoms with E-state index in [4.69, 9.17) is 0 Å². The molecular weight excluding hydrogens is 331 g/mol. The number of nitrogens with one attached hydrogen (secondary N) is 2. The van der Waals surface area contributed by atoms with Gasteiger partial charge in [0, 0.05) is 5.69 Å². The van der Waals surface area contributed by atoms with Crippen molar-refractivity contribution in [1.82, 2.24) is 10.2 Å². The van der Waals surface area contributed by atoms with Crippen LogP contribution in [-0.4, -0.2) is 16.1 Å². The molecule has 1 amide bonds. The smallest absolute Gasteiger partial charge is 0.276 e. The van der Waals surface area contributed by atoms with Crippen LogP contribution in [0.15, 0.2) is 60.7 Å². The van der Waals surface area contributed by atoms with Gasteiger partial charge >= 0.3 is 0 Å². The van der Waals surface area contributed by atoms with Crippen LogP contribution < -0.4 is 10.6 Å². The first-order valence-electron chi connectivity index (χ1n) is 8.30. The molecule has 0 bridgehead atoms. The first kappa shape index (κ1) is 17.5. The quantitative estimate of drug-likeness (QED) is 0.698. The van der Waals surface area contributed by atoms with Crippen LogP contribution in [0.3, 0.4) is 0 Å². The normalized spacial score (nSPS) is 10.6. The highest BCUT2D eigenvalue weighted by Gasteiger charge is 2.13. The molecule has 0 aliphatic heterocycles. The Balaban J connectivity index is 1.73. The summed E-state index contributed by atoms with van der Waals surface area (Å²) in [5.74, 6) is -0.0939. The van der Waals surface area contributed by atoms with Crippen molar-refractivity contribution < 1.29 is 9.18 Å². The van der Waals surface area contributed by atoms with Crippen LogP contribution in [0, 0.1) is 5.82 Å². The number of hydrogen-bond acceptors (Lipinski definition) is 4. The molecule has 0 atom stereocenters. The Kier molecular flexibility index (Phi) is 5.22. The van der Waals surface area contributed by atoms with Crippen molar-refractivity contribution in [1.29, 1.82) is 0 Å². The van der Waals surface area contributed by atoms with Gasteiger partial charge in [0.25, 0.3) is 5.91 Å². The fraction of sp³-hybridized carbons (Fsp3) is 0.150. The third-order valence-corrected chi connectivity index (χ3v) is 3.86. The van der Waals surface area contributed by atoms with Crippen LogP contribution >= 0.6 is 0 Å². The summed E-state index contributed by atoms with van der Waals surface area (Å²) < 4.78 is 13.7. The molecule has 2 aromatic carbocycles. The van der Waals surface area contributed by atoms with Gasteiger partial charge in [0.05, 0.1) is 5.69 Å². The minimum atomic E-state index is -0.388. The van der Waals surface area contributed by atoms with E-state index in [2.05, 4.69) is 34.7 Å². The van der Waals surface area contributed by atoms with Gasteiger partial charge in [-0.15, -0.1) is 10.2 Å². The number of nitrogens with zero attached hydrogens (tertiary/aromatic N) is 2. The summed E-state index contributed by atoms with van der Waals surface area (Å²) in [7, 11) is 0. The fourth-order valence-electron chi connectivity index (χ4n) is 2.52. The summed E-state index contributed by atoms with van der Waals surface area (Å²) in [6, 6.07) is 17.0. The molecule has 6 heteroatoms. The van der Waals surface area contributed by atoms with Crippen LogP contribution in [0.2, 0.25) is 0 Å². The number of carbonyl (C=O) groups is 1. The second kappa shape index (κ2) is 7.74. The van der Waals surface area contributed by atoms with E-state index in [9.17, 15) is 9.18 Å². The standard InChI is InChI=1S/C20H19FN4O/c1-13(2)14-7-3-5-9-16(14)23-20(26)18-11-12-19(25-24-18)22-17-10-6-4-8-15(17)21/h3-13H,1-2H3,(H,22,25)(H,23,26). The number of aromatic nitrogens is 2. The predicted octanol–water partition coefficient (Wildman–Crippen LogP) is 4.74. The Morgan fingerprint density at radius 2 is 1.62 bits per heavy atom. The van der Waals surface area contributed by atoms with Gasteiger partial charge in [0.1, 0.15) is 5.82 Å². The summed E-state index contributed by atoms with van der Waals surface area (Å²) >= 11 is 0. The van der Waals surface area contributed by atoms with Gasteiger partial charge in [-0.05, 0) is 41.8 Å². The summed E-state index contributed by atoms with van der Waals surface area (Å²) in [5, 5.41) is 13.6. The van der Waals surface area contributed by atoms with Crippen molar-refractivity contribution in [2.75, 3.05) is 10.6 Å². The molecule has 0 spiro atoms. The fourth-order valence-corrected chi connectivity index (χ4v) is 2.52. The van der Waals surface area contributed by atoms with Gasteiger partial charge in [0.2, 0.25) is 0 Å². The molecule has 1 aromatic heterocycles. The molecule has 132 valence electrons. The van der Waals surface area contributed by atoms with Crippen molar-refractivity contribution in [3.63, 3.8) is 0 Å². The van der Waals surface area contributed by atoms with E-state index in [-0.39, 0.29) is 23.3 Å². The zero-order valence-corrected chi connectivity index (χ0v) is 14.5. The maximum absolute atomic E-state index is 13.7. The third kappa shape index (κ3) is 4.03. The lowest BCUT2D eigenvalue weighted by molar-refractivity contribution is 0.102. The van der Waals surface area contributed by atoms with Gasteiger partial charge < -0.3 is 10.6 Å². The minimum Gasteiger partial charge on any atom is -0.336 e. The van der Waals surface area contributed by atoms with Crippen LogP contribution in [0.1, 0.15) is 35.8 Å². The van der Waals surface area contributed by atoms with Gasteiger partial charge in [0.15, 0.2) is 11.5 Å². The van der Waals surface area contributed by atoms with Crippen molar-refractivity contribution in [2.24, 2.45) is 0 Å². The molecule has 5 nitrogen and oxygen atoms in total. The number of anilines is 3. The molecular formula is C20H19FN4O. The van der Waals surface area contributed by atoms with Crippen LogP contribution in [-0.2, 0) is 0 Å². The zero-order chi connectivity index (χ0) is 18.5. The average molecular weight is 350 g/mol. The largest absolute Gasteiger partial charge is 0.336 e. The number of halogens is 1. The molecule has 0 radical (unpaired) electrons. The predicted molar refractivity (Wildman–Crippen MR) is 100 cm³/mol. The maximum Gasteiger partial charge on any atom is 0.276 e. The lowest BCUT2D eigenvalue weighted by atomic mass is 10.0. The average Bonchev–Trinajstić information content (AvgIpc) is 2.64. The van der Waals surface area contributed by atoms with E-state index in [0.29, 0.717) is 11.5 Å². The second-order valence-electron chi connectivity index (χ2n) is 6.10. The zero-order valence-electron chi connectivity index (χ0n) is 14.5. The highest BCUT2D eigenvalue weighted by atomic mass is 19.1. The Labute approximate surface area is 151 Å². The van der Waals surface area contributed by atoms with Crippen molar-refractivity contribution in [2.45, 2.75) is 19.8 Å². The highest BCUT2D eigenvalue weighted by molar-refractivity contribution is 6.03. The van der Waals surface area contributed by atoms with Crippen LogP contribution in [0.5, 0.6) is 0 Å². The lowest BCUT2D eigenvalue weighted by Gasteiger charge is -2.13. The summed E-state index contributed by atoms with van der Waals surface area (Å²) in [6.45, 7) is 4.13. The van der Waals surface area contributed by atoms with E-state index in [1.54, 1.807) is 30.3 Å². The molecule has 3 rings (SSSR count). The van der Waals surface area contributed by atoms with Crippen LogP contribution in [0.4, 0.5) is 21.6 Å². The van der Waals surface area contributed by atoms with E-state index in [1.165, 1.54) is 6.07 Å². The summed E-state index contributed by atoms with van der Waals surface area (Å²) in [4.78, 5) is 12.4. The number of amides is 1. The Hall–Kier alpha value is -3.28. The molecule has 3 aromatic rings. The molecule has 2 N–H and O–H groups in total. The van der Waals surface area contributed by atoms with E-state index < -0.39 is 0 Å². The SMILES string of the molecule is CC(C)c1ccccc1NC(=O)c1ccc(Nc2ccccc2F)nn1. The molecule has 0 aliphatic carbocycles. The molecule has 26 heavy (non-hydrogen) atoms. The molecule has 0 fully saturated rings. The summed E-state index contributed by atoms with van der Waals surface area (Å²) in [6.07, 6.45) is 0. The molecule has 1 heterocycles. The maximum atomic E-state index is 13.7. The Bertz CT molecular complexity index is 910. The third-order valence-electron chi connectivity index (χ3n) is 3.86. The minimum absolute atomic E-state index is 0.183. The van der Waals surface area contributed by atoms with Crippen molar-refractivity contribution in [3.05, 3.63) is 77.7 Å². The van der Waals surface area contributed by atoms with Gasteiger partial charge in [-0.3, -0.25) is 4.79 Å². The van der Waals surface area contributed by atoms with Crippen LogP contribution in [0.25, 0.3) is 0 Å². The van der Waals surface area contributed by atoms with E-state index >= 15 is 0 Å². The topological polar surface area (TPSA) is 66.9 Å². The van der Waals surface area contributed by atoms with Crippen molar-refractivity contribution in [3.8, 4) is 0 Å². The summed E-state index contributed by atoms with van der Waals surface area (Å²) in [5.41, 5.74) is 2.28. The lowest BCUT2D eigenvalue weighted by Crippen LogP contribution is -2.16. The molecule has 0 aliphatic rings. The van der Waals surface area contributed by atoms with Gasteiger partial charge in [-0.2, -0.15) is 0 Å². The van der Waals surface area contributed by atoms with Gasteiger partial charge in [-0.1, -0.05) is 44.2 Å². The highest BCUT2D eigenvalue weighted by Crippen LogP contribution is 2.24. The first-order chi connectivity index (χ1) is 12.5. The molecule has 0 unspecified atom stereocenters. The first-order valence-corrected chi connectivity index (χ1v) is 8.30. The van der Waals surface area contributed by atoms with E-state index in [0.717, 1.165) is 11.3 Å². The molecule has 0 saturated heterocycles. The number of benzene rings is 2. The molecule has 0 saturated carbocycles. The second-order valence-corrected chi connectivity index (χ2v) is 6.10. The number of carbonyl (C=O) groups excluding carboxylic acids is 1. The van der Waals surface area contributed by atoms with Crippen molar-refractivity contribution >= 4 is 23.1 Å². The number of para-hydroxylation sites is 2. The monoisotopic (exact) mass is 350 g/mol. The number of hydrogen-bond donors (Lipinski definition) is 2. The van der Waals surface area contributed by atoms with Gasteiger partial charge in [-0.25, -0.2) is 4.39 Å². The Morgan fingerprint density at radius 3 is 2.27 bits per heavy atom.